The highest BCUT2D eigenvalue weighted by molar-refractivity contribution is 6.01. The minimum atomic E-state index is -1.37. The van der Waals surface area contributed by atoms with E-state index >= 15 is 0 Å². The molecule has 0 spiro atoms. The van der Waals surface area contributed by atoms with E-state index in [0.717, 1.165) is 31.2 Å². The molecule has 178 valence electrons. The zero-order valence-electron chi connectivity index (χ0n) is 19.3. The smallest absolute Gasteiger partial charge is 0.270 e. The number of carbonyl (C=O) groups is 1. The predicted molar refractivity (Wildman–Crippen MR) is 133 cm³/mol. The molecule has 5 rings (SSSR count). The van der Waals surface area contributed by atoms with Crippen molar-refractivity contribution in [3.63, 3.8) is 0 Å². The highest BCUT2D eigenvalue weighted by Crippen LogP contribution is 2.47. The Labute approximate surface area is 204 Å². The van der Waals surface area contributed by atoms with E-state index in [1.807, 2.05) is 60.7 Å². The van der Waals surface area contributed by atoms with E-state index in [1.54, 1.807) is 12.1 Å². The summed E-state index contributed by atoms with van der Waals surface area (Å²) in [6.45, 7) is 0. The Hall–Kier alpha value is -4.00. The second kappa shape index (κ2) is 9.70. The van der Waals surface area contributed by atoms with Crippen LogP contribution >= 0.6 is 0 Å². The van der Waals surface area contributed by atoms with Gasteiger partial charge in [0.15, 0.2) is 6.10 Å². The third-order valence-electron chi connectivity index (χ3n) is 6.79. The average Bonchev–Trinajstić information content (AvgIpc) is 3.32. The van der Waals surface area contributed by atoms with Crippen LogP contribution in [0.1, 0.15) is 54.9 Å². The van der Waals surface area contributed by atoms with Gasteiger partial charge in [0.25, 0.3) is 11.6 Å². The van der Waals surface area contributed by atoms with Crippen LogP contribution in [-0.2, 0) is 15.1 Å². The Morgan fingerprint density at radius 3 is 2.31 bits per heavy atom. The number of hydrogen-bond acceptors (Lipinski definition) is 5. The molecule has 7 nitrogen and oxygen atoms in total. The topological polar surface area (TPSA) is 93.8 Å². The van der Waals surface area contributed by atoms with Gasteiger partial charge in [-0.15, -0.1) is 0 Å². The summed E-state index contributed by atoms with van der Waals surface area (Å²) in [7, 11) is 0. The monoisotopic (exact) mass is 469 g/mol. The first-order chi connectivity index (χ1) is 17.1. The van der Waals surface area contributed by atoms with E-state index in [2.05, 4.69) is 5.32 Å². The molecule has 1 heterocycles. The zero-order chi connectivity index (χ0) is 24.3. The third-order valence-corrected chi connectivity index (χ3v) is 6.79. The van der Waals surface area contributed by atoms with Gasteiger partial charge in [0.2, 0.25) is 11.4 Å². The molecule has 1 aliphatic heterocycles. The summed E-state index contributed by atoms with van der Waals surface area (Å²) in [5, 5.41) is 14.7. The van der Waals surface area contributed by atoms with Gasteiger partial charge in [-0.25, -0.2) is 4.99 Å². The van der Waals surface area contributed by atoms with E-state index in [-0.39, 0.29) is 23.5 Å². The van der Waals surface area contributed by atoms with Gasteiger partial charge < -0.3 is 10.1 Å². The molecule has 0 bridgehead atoms. The van der Waals surface area contributed by atoms with Crippen molar-refractivity contribution in [3.8, 4) is 0 Å². The van der Waals surface area contributed by atoms with E-state index in [9.17, 15) is 14.9 Å². The lowest BCUT2D eigenvalue weighted by molar-refractivity contribution is -0.384. The van der Waals surface area contributed by atoms with Gasteiger partial charge in [-0.3, -0.25) is 14.9 Å². The first-order valence-electron chi connectivity index (χ1n) is 12.0. The molecule has 3 aromatic rings. The summed E-state index contributed by atoms with van der Waals surface area (Å²) in [5.74, 6) is -0.00455. The second-order valence-corrected chi connectivity index (χ2v) is 9.07. The Morgan fingerprint density at radius 2 is 1.63 bits per heavy atom. The molecule has 1 fully saturated rings. The maximum Gasteiger partial charge on any atom is 0.270 e. The number of rotatable bonds is 6. The first-order valence-corrected chi connectivity index (χ1v) is 12.0. The quantitative estimate of drug-likeness (QED) is 0.383. The van der Waals surface area contributed by atoms with Gasteiger partial charge in [-0.2, -0.15) is 0 Å². The Bertz CT molecular complexity index is 1240. The fourth-order valence-corrected chi connectivity index (χ4v) is 5.02. The number of non-ortho nitro benzene ring substituents is 1. The van der Waals surface area contributed by atoms with Crippen LogP contribution in [0.15, 0.2) is 89.9 Å². The number of nitro benzene ring substituents is 1. The summed E-state index contributed by atoms with van der Waals surface area (Å²) in [6, 6.07) is 25.3. The van der Waals surface area contributed by atoms with E-state index < -0.39 is 16.6 Å². The Balaban J connectivity index is 1.66. The molecule has 0 radical (unpaired) electrons. The van der Waals surface area contributed by atoms with Gasteiger partial charge >= 0.3 is 0 Å². The molecule has 1 saturated carbocycles. The fourth-order valence-electron chi connectivity index (χ4n) is 5.02. The molecule has 2 aliphatic rings. The normalized spacial score (nSPS) is 22.2. The zero-order valence-corrected chi connectivity index (χ0v) is 19.3. The Morgan fingerprint density at radius 1 is 0.943 bits per heavy atom. The van der Waals surface area contributed by atoms with Crippen LogP contribution < -0.4 is 5.32 Å². The molecular weight excluding hydrogens is 442 g/mol. The summed E-state index contributed by atoms with van der Waals surface area (Å²) >= 11 is 0. The van der Waals surface area contributed by atoms with Crippen molar-refractivity contribution in [1.82, 2.24) is 5.32 Å². The lowest BCUT2D eigenvalue weighted by Gasteiger charge is -2.33. The molecule has 2 atom stereocenters. The molecule has 1 aliphatic carbocycles. The standard InChI is InChI=1S/C28H27N3O4/c32-27(29-23-16-8-3-9-17-23)28(22-14-6-2-7-15-22)25(20-11-4-1-5-12-20)35-26(30-28)21-13-10-18-24(19-21)31(33)34/h1-2,4-7,10-15,18-19,23,25H,3,8-9,16-17H2,(H,29,32)/t25-,28+/m0/s1. The summed E-state index contributed by atoms with van der Waals surface area (Å²) < 4.78 is 6.42. The highest BCUT2D eigenvalue weighted by Gasteiger charge is 2.55. The molecule has 0 aromatic heterocycles. The van der Waals surface area contributed by atoms with E-state index in [0.29, 0.717) is 11.1 Å². The van der Waals surface area contributed by atoms with Gasteiger partial charge in [-0.05, 0) is 30.0 Å². The van der Waals surface area contributed by atoms with Crippen molar-refractivity contribution < 1.29 is 14.5 Å². The molecular formula is C28H27N3O4. The van der Waals surface area contributed by atoms with Crippen LogP contribution in [0, 0.1) is 10.1 Å². The van der Waals surface area contributed by atoms with Gasteiger partial charge in [0.05, 0.1) is 4.92 Å². The molecule has 0 saturated heterocycles. The van der Waals surface area contributed by atoms with Crippen molar-refractivity contribution in [2.24, 2.45) is 4.99 Å². The minimum Gasteiger partial charge on any atom is -0.466 e. The lowest BCUT2D eigenvalue weighted by Crippen LogP contribution is -2.49. The number of aliphatic imine (C=N–C) groups is 1. The number of nitrogens with zero attached hydrogens (tertiary/aromatic N) is 2. The summed E-state index contributed by atoms with van der Waals surface area (Å²) in [6.07, 6.45) is 4.50. The van der Waals surface area contributed by atoms with Crippen molar-refractivity contribution in [1.29, 1.82) is 0 Å². The number of ether oxygens (including phenoxy) is 1. The largest absolute Gasteiger partial charge is 0.466 e. The van der Waals surface area contributed by atoms with Crippen LogP contribution in [0.3, 0.4) is 0 Å². The number of nitro groups is 1. The average molecular weight is 470 g/mol. The maximum atomic E-state index is 14.2. The van der Waals surface area contributed by atoms with Gasteiger partial charge in [0.1, 0.15) is 0 Å². The van der Waals surface area contributed by atoms with Crippen LogP contribution in [0.5, 0.6) is 0 Å². The summed E-state index contributed by atoms with van der Waals surface area (Å²) in [5.41, 5.74) is 0.541. The lowest BCUT2D eigenvalue weighted by atomic mass is 9.80. The fraction of sp³-hybridized carbons (Fsp3) is 0.286. The minimum absolute atomic E-state index is 0.0612. The summed E-state index contributed by atoms with van der Waals surface area (Å²) in [4.78, 5) is 30.1. The van der Waals surface area contributed by atoms with Crippen molar-refractivity contribution >= 4 is 17.5 Å². The van der Waals surface area contributed by atoms with Crippen LogP contribution in [0.2, 0.25) is 0 Å². The van der Waals surface area contributed by atoms with Crippen LogP contribution in [-0.4, -0.2) is 22.8 Å². The molecule has 0 unspecified atom stereocenters. The van der Waals surface area contributed by atoms with Crippen LogP contribution in [0.25, 0.3) is 0 Å². The number of nitrogens with one attached hydrogen (secondary N) is 1. The molecule has 1 amide bonds. The van der Waals surface area contributed by atoms with E-state index in [1.165, 1.54) is 18.6 Å². The Kier molecular flexibility index (Phi) is 6.31. The van der Waals surface area contributed by atoms with Gasteiger partial charge in [-0.1, -0.05) is 86.0 Å². The molecule has 1 N–H and O–H groups in total. The van der Waals surface area contributed by atoms with Gasteiger partial charge in [0, 0.05) is 23.7 Å². The highest BCUT2D eigenvalue weighted by atomic mass is 16.6. The number of hydrogen-bond donors (Lipinski definition) is 1. The number of benzene rings is 3. The van der Waals surface area contributed by atoms with Crippen LogP contribution in [0.4, 0.5) is 5.69 Å². The molecule has 7 heteroatoms. The molecule has 3 aromatic carbocycles. The van der Waals surface area contributed by atoms with Crippen molar-refractivity contribution in [2.75, 3.05) is 0 Å². The van der Waals surface area contributed by atoms with Crippen molar-refractivity contribution in [2.45, 2.75) is 49.8 Å². The SMILES string of the molecule is O=C(NC1CCCCC1)[C@]1(c2ccccc2)N=C(c2cccc([N+](=O)[O-])c2)O[C@H]1c1ccccc1. The first kappa shape index (κ1) is 22.8. The predicted octanol–water partition coefficient (Wildman–Crippen LogP) is 5.46. The number of amides is 1. The second-order valence-electron chi connectivity index (χ2n) is 9.07. The molecule has 35 heavy (non-hydrogen) atoms. The third kappa shape index (κ3) is 4.41. The maximum absolute atomic E-state index is 14.2. The van der Waals surface area contributed by atoms with E-state index in [4.69, 9.17) is 9.73 Å². The number of carbonyl (C=O) groups excluding carboxylic acids is 1. The van der Waals surface area contributed by atoms with Crippen molar-refractivity contribution in [3.05, 3.63) is 112 Å².